The van der Waals surface area contributed by atoms with Crippen molar-refractivity contribution in [2.24, 2.45) is 0 Å². The first-order valence-corrected chi connectivity index (χ1v) is 8.85. The molecule has 4 rings (SSSR count). The van der Waals surface area contributed by atoms with E-state index >= 15 is 0 Å². The van der Waals surface area contributed by atoms with E-state index in [2.05, 4.69) is 37.8 Å². The maximum absolute atomic E-state index is 6.10. The van der Waals surface area contributed by atoms with Crippen LogP contribution in [0.3, 0.4) is 0 Å². The number of rotatable bonds is 5. The molecule has 1 atom stereocenters. The minimum absolute atomic E-state index is 0.00932. The molecule has 0 aromatic carbocycles. The first-order valence-electron chi connectivity index (χ1n) is 7.59. The lowest BCUT2D eigenvalue weighted by Gasteiger charge is -2.12. The Balaban J connectivity index is 1.58. The van der Waals surface area contributed by atoms with Crippen LogP contribution in [0.5, 0.6) is 0 Å². The zero-order chi connectivity index (χ0) is 15.6. The van der Waals surface area contributed by atoms with Gasteiger partial charge >= 0.3 is 0 Å². The van der Waals surface area contributed by atoms with Crippen LogP contribution in [-0.2, 0) is 11.2 Å². The Morgan fingerprint density at radius 3 is 3.17 bits per heavy atom. The standard InChI is InChI=1S/C15H16ClN5OS/c16-15-19-13(17-6-5-10-3-2-8-23-10)12-14(20-15)21(9-18-12)11-4-1-7-22-11/h2-3,8-9,11H,1,4-7H2,(H,17,19,20). The van der Waals surface area contributed by atoms with Gasteiger partial charge in [-0.1, -0.05) is 6.07 Å². The van der Waals surface area contributed by atoms with E-state index in [1.165, 1.54) is 4.88 Å². The van der Waals surface area contributed by atoms with Crippen molar-refractivity contribution in [3.05, 3.63) is 34.0 Å². The molecule has 3 aromatic rings. The molecule has 0 spiro atoms. The predicted octanol–water partition coefficient (Wildman–Crippen LogP) is 3.50. The van der Waals surface area contributed by atoms with E-state index in [0.717, 1.165) is 43.6 Å². The number of anilines is 1. The van der Waals surface area contributed by atoms with Gasteiger partial charge in [0.15, 0.2) is 17.0 Å². The van der Waals surface area contributed by atoms with Gasteiger partial charge in [0, 0.05) is 18.0 Å². The maximum Gasteiger partial charge on any atom is 0.226 e. The summed E-state index contributed by atoms with van der Waals surface area (Å²) in [6, 6.07) is 4.18. The third-order valence-corrected chi connectivity index (χ3v) is 4.96. The molecule has 23 heavy (non-hydrogen) atoms. The van der Waals surface area contributed by atoms with E-state index in [-0.39, 0.29) is 11.5 Å². The minimum Gasteiger partial charge on any atom is -0.368 e. The van der Waals surface area contributed by atoms with Crippen molar-refractivity contribution >= 4 is 39.9 Å². The zero-order valence-corrected chi connectivity index (χ0v) is 14.0. The highest BCUT2D eigenvalue weighted by molar-refractivity contribution is 7.09. The second-order valence-corrected chi connectivity index (χ2v) is 6.76. The quantitative estimate of drug-likeness (QED) is 0.714. The molecular weight excluding hydrogens is 334 g/mol. The molecule has 1 saturated heterocycles. The monoisotopic (exact) mass is 349 g/mol. The van der Waals surface area contributed by atoms with Crippen molar-refractivity contribution in [2.45, 2.75) is 25.5 Å². The van der Waals surface area contributed by atoms with Crippen LogP contribution in [0.1, 0.15) is 23.9 Å². The summed E-state index contributed by atoms with van der Waals surface area (Å²) in [6.07, 6.45) is 4.71. The Labute approximate surface area is 142 Å². The molecule has 0 amide bonds. The number of fused-ring (bicyclic) bond motifs is 1. The molecule has 120 valence electrons. The molecule has 6 nitrogen and oxygen atoms in total. The normalized spacial score (nSPS) is 17.9. The van der Waals surface area contributed by atoms with Crippen LogP contribution in [0.4, 0.5) is 5.82 Å². The van der Waals surface area contributed by atoms with Gasteiger partial charge in [-0.15, -0.1) is 11.3 Å². The summed E-state index contributed by atoms with van der Waals surface area (Å²) in [4.78, 5) is 14.4. The van der Waals surface area contributed by atoms with Gasteiger partial charge in [0.25, 0.3) is 0 Å². The van der Waals surface area contributed by atoms with Crippen LogP contribution in [0.25, 0.3) is 11.2 Å². The van der Waals surface area contributed by atoms with Gasteiger partial charge in [-0.3, -0.25) is 4.57 Å². The van der Waals surface area contributed by atoms with Crippen molar-refractivity contribution in [3.63, 3.8) is 0 Å². The Kier molecular flexibility index (Phi) is 4.15. The van der Waals surface area contributed by atoms with Crippen LogP contribution >= 0.6 is 22.9 Å². The number of nitrogens with zero attached hydrogens (tertiary/aromatic N) is 4. The van der Waals surface area contributed by atoms with Crippen molar-refractivity contribution in [1.82, 2.24) is 19.5 Å². The number of aromatic nitrogens is 4. The Bertz CT molecular complexity index is 798. The number of thiophene rings is 1. The molecule has 4 heterocycles. The van der Waals surface area contributed by atoms with Crippen molar-refractivity contribution in [3.8, 4) is 0 Å². The van der Waals surface area contributed by atoms with E-state index < -0.39 is 0 Å². The van der Waals surface area contributed by atoms with Crippen LogP contribution in [0.15, 0.2) is 23.8 Å². The third kappa shape index (κ3) is 3.04. The topological polar surface area (TPSA) is 64.9 Å². The second-order valence-electron chi connectivity index (χ2n) is 5.39. The lowest BCUT2D eigenvalue weighted by atomic mass is 10.3. The molecule has 1 aliphatic heterocycles. The number of ether oxygens (including phenoxy) is 1. The summed E-state index contributed by atoms with van der Waals surface area (Å²) in [5.41, 5.74) is 1.45. The van der Waals surface area contributed by atoms with Gasteiger partial charge in [-0.25, -0.2) is 4.98 Å². The molecule has 1 unspecified atom stereocenters. The van der Waals surface area contributed by atoms with Gasteiger partial charge in [-0.05, 0) is 42.3 Å². The molecule has 3 aromatic heterocycles. The number of imidazole rings is 1. The average molecular weight is 350 g/mol. The number of halogens is 1. The Morgan fingerprint density at radius 2 is 2.39 bits per heavy atom. The molecule has 0 saturated carbocycles. The first-order chi connectivity index (χ1) is 11.3. The maximum atomic E-state index is 6.10. The van der Waals surface area contributed by atoms with Crippen LogP contribution < -0.4 is 5.32 Å². The van der Waals surface area contributed by atoms with Crippen molar-refractivity contribution < 1.29 is 4.74 Å². The van der Waals surface area contributed by atoms with Gasteiger partial charge < -0.3 is 10.1 Å². The van der Waals surface area contributed by atoms with Crippen LogP contribution in [0.2, 0.25) is 5.28 Å². The van der Waals surface area contributed by atoms with Gasteiger partial charge in [0.05, 0.1) is 6.33 Å². The third-order valence-electron chi connectivity index (χ3n) is 3.85. The second kappa shape index (κ2) is 6.43. The summed E-state index contributed by atoms with van der Waals surface area (Å²) in [6.45, 7) is 1.55. The fourth-order valence-corrected chi connectivity index (χ4v) is 3.64. The Hall–Kier alpha value is -1.70. The van der Waals surface area contributed by atoms with Gasteiger partial charge in [0.2, 0.25) is 5.28 Å². The van der Waals surface area contributed by atoms with E-state index in [9.17, 15) is 0 Å². The zero-order valence-electron chi connectivity index (χ0n) is 12.4. The van der Waals surface area contributed by atoms with Crippen molar-refractivity contribution in [2.75, 3.05) is 18.5 Å². The largest absolute Gasteiger partial charge is 0.368 e. The number of nitrogens with one attached hydrogen (secondary N) is 1. The Morgan fingerprint density at radius 1 is 1.43 bits per heavy atom. The average Bonchev–Trinajstić information content (AvgIpc) is 3.28. The molecule has 0 radical (unpaired) electrons. The van der Waals surface area contributed by atoms with Crippen LogP contribution in [-0.4, -0.2) is 32.7 Å². The van der Waals surface area contributed by atoms with E-state index in [1.54, 1.807) is 17.7 Å². The molecule has 0 aliphatic carbocycles. The summed E-state index contributed by atoms with van der Waals surface area (Å²) in [7, 11) is 0. The highest BCUT2D eigenvalue weighted by Gasteiger charge is 2.22. The predicted molar refractivity (Wildman–Crippen MR) is 91.1 cm³/mol. The summed E-state index contributed by atoms with van der Waals surface area (Å²) in [5.74, 6) is 0.674. The summed E-state index contributed by atoms with van der Waals surface area (Å²) >= 11 is 7.85. The fourth-order valence-electron chi connectivity index (χ4n) is 2.76. The highest BCUT2D eigenvalue weighted by atomic mass is 35.5. The molecule has 8 heteroatoms. The molecule has 1 N–H and O–H groups in total. The van der Waals surface area contributed by atoms with Gasteiger partial charge in [-0.2, -0.15) is 9.97 Å². The fraction of sp³-hybridized carbons (Fsp3) is 0.400. The van der Waals surface area contributed by atoms with E-state index in [1.807, 2.05) is 4.57 Å². The van der Waals surface area contributed by atoms with Crippen molar-refractivity contribution in [1.29, 1.82) is 0 Å². The van der Waals surface area contributed by atoms with Crippen LogP contribution in [0, 0.1) is 0 Å². The first kappa shape index (κ1) is 14.9. The van der Waals surface area contributed by atoms with E-state index in [0.29, 0.717) is 5.82 Å². The van der Waals surface area contributed by atoms with E-state index in [4.69, 9.17) is 16.3 Å². The summed E-state index contributed by atoms with van der Waals surface area (Å²) < 4.78 is 7.66. The molecule has 1 fully saturated rings. The smallest absolute Gasteiger partial charge is 0.226 e. The SMILES string of the molecule is Clc1nc(NCCc2cccs2)c2ncn(C3CCCO3)c2n1. The summed E-state index contributed by atoms with van der Waals surface area (Å²) in [5, 5.41) is 5.63. The molecule has 1 aliphatic rings. The minimum atomic E-state index is -0.00932. The number of hydrogen-bond acceptors (Lipinski definition) is 6. The molecular formula is C15H16ClN5OS. The molecule has 0 bridgehead atoms. The highest BCUT2D eigenvalue weighted by Crippen LogP contribution is 2.28. The lowest BCUT2D eigenvalue weighted by molar-refractivity contribution is 0.0593. The van der Waals surface area contributed by atoms with Gasteiger partial charge in [0.1, 0.15) is 6.23 Å². The lowest BCUT2D eigenvalue weighted by Crippen LogP contribution is -2.09. The number of hydrogen-bond donors (Lipinski definition) is 1.